The van der Waals surface area contributed by atoms with E-state index >= 15 is 0 Å². The van der Waals surface area contributed by atoms with Crippen LogP contribution in [-0.4, -0.2) is 16.1 Å². The second-order valence-corrected chi connectivity index (χ2v) is 3.58. The molecular formula is C10H11NO2. The highest BCUT2D eigenvalue weighted by Crippen LogP contribution is 2.49. The van der Waals surface area contributed by atoms with Gasteiger partial charge in [0, 0.05) is 12.4 Å². The lowest BCUT2D eigenvalue weighted by atomic mass is 9.94. The number of carboxylic acid groups (broad SMARTS) is 1. The van der Waals surface area contributed by atoms with Gasteiger partial charge in [0.15, 0.2) is 0 Å². The Balaban J connectivity index is 2.47. The number of nitrogens with zero attached hydrogens (tertiary/aromatic N) is 1. The van der Waals surface area contributed by atoms with Crippen LogP contribution >= 0.6 is 0 Å². The number of hydrogen-bond acceptors (Lipinski definition) is 2. The van der Waals surface area contributed by atoms with E-state index in [2.05, 4.69) is 4.98 Å². The quantitative estimate of drug-likeness (QED) is 0.744. The normalized spacial score (nSPS) is 18.2. The lowest BCUT2D eigenvalue weighted by Crippen LogP contribution is -2.20. The van der Waals surface area contributed by atoms with Crippen LogP contribution in [0.1, 0.15) is 24.0 Å². The first-order valence-corrected chi connectivity index (χ1v) is 4.31. The molecule has 0 atom stereocenters. The highest BCUT2D eigenvalue weighted by Gasteiger charge is 2.52. The molecule has 1 N–H and O–H groups in total. The Bertz CT molecular complexity index is 356. The lowest BCUT2D eigenvalue weighted by molar-refractivity contribution is -0.140. The van der Waals surface area contributed by atoms with Crippen LogP contribution in [0.3, 0.4) is 0 Å². The fraction of sp³-hybridized carbons (Fsp3) is 0.400. The van der Waals surface area contributed by atoms with E-state index in [0.717, 1.165) is 24.0 Å². The summed E-state index contributed by atoms with van der Waals surface area (Å²) in [6.45, 7) is 1.93. The van der Waals surface area contributed by atoms with Gasteiger partial charge in [0.1, 0.15) is 0 Å². The number of carboxylic acids is 1. The molecule has 1 aromatic heterocycles. The second kappa shape index (κ2) is 2.55. The molecule has 1 aliphatic carbocycles. The average Bonchev–Trinajstić information content (AvgIpc) is 2.85. The van der Waals surface area contributed by atoms with Crippen molar-refractivity contribution >= 4 is 5.97 Å². The molecule has 3 heteroatoms. The first kappa shape index (κ1) is 8.23. The topological polar surface area (TPSA) is 50.2 Å². The number of rotatable bonds is 2. The summed E-state index contributed by atoms with van der Waals surface area (Å²) >= 11 is 0. The molecule has 0 aliphatic heterocycles. The molecule has 13 heavy (non-hydrogen) atoms. The number of carbonyl (C=O) groups is 1. The molecular weight excluding hydrogens is 166 g/mol. The SMILES string of the molecule is Cc1ccncc1C1(C(=O)O)CC1. The minimum atomic E-state index is -0.719. The first-order valence-electron chi connectivity index (χ1n) is 4.31. The van der Waals surface area contributed by atoms with E-state index in [0.29, 0.717) is 0 Å². The third kappa shape index (κ3) is 1.11. The Kier molecular flexibility index (Phi) is 1.62. The van der Waals surface area contributed by atoms with E-state index in [1.54, 1.807) is 12.4 Å². The molecule has 1 aromatic rings. The predicted molar refractivity (Wildman–Crippen MR) is 47.5 cm³/mol. The molecule has 3 nitrogen and oxygen atoms in total. The smallest absolute Gasteiger partial charge is 0.314 e. The highest BCUT2D eigenvalue weighted by molar-refractivity contribution is 5.85. The molecule has 0 radical (unpaired) electrons. The second-order valence-electron chi connectivity index (χ2n) is 3.58. The lowest BCUT2D eigenvalue weighted by Gasteiger charge is -2.11. The maximum atomic E-state index is 11.0. The molecule has 0 amide bonds. The monoisotopic (exact) mass is 177 g/mol. The third-order valence-electron chi connectivity index (χ3n) is 2.71. The van der Waals surface area contributed by atoms with Gasteiger partial charge >= 0.3 is 5.97 Å². The van der Waals surface area contributed by atoms with Gasteiger partial charge in [-0.05, 0) is 37.0 Å². The summed E-state index contributed by atoms with van der Waals surface area (Å²) < 4.78 is 0. The van der Waals surface area contributed by atoms with Crippen molar-refractivity contribution in [3.8, 4) is 0 Å². The number of hydrogen-bond donors (Lipinski definition) is 1. The number of pyridine rings is 1. The van der Waals surface area contributed by atoms with Gasteiger partial charge in [-0.2, -0.15) is 0 Å². The van der Waals surface area contributed by atoms with Crippen LogP contribution in [0.2, 0.25) is 0 Å². The minimum absolute atomic E-state index is 0.613. The molecule has 1 fully saturated rings. The summed E-state index contributed by atoms with van der Waals surface area (Å²) in [7, 11) is 0. The predicted octanol–water partition coefficient (Wildman–Crippen LogP) is 1.51. The summed E-state index contributed by atoms with van der Waals surface area (Å²) in [4.78, 5) is 15.0. The van der Waals surface area contributed by atoms with Gasteiger partial charge < -0.3 is 5.11 Å². The molecule has 0 unspecified atom stereocenters. The summed E-state index contributed by atoms with van der Waals surface area (Å²) in [5.41, 5.74) is 1.29. The van der Waals surface area contributed by atoms with Crippen LogP contribution in [0.5, 0.6) is 0 Å². The van der Waals surface area contributed by atoms with Crippen molar-refractivity contribution in [3.05, 3.63) is 29.6 Å². The van der Waals surface area contributed by atoms with Crippen LogP contribution in [0.25, 0.3) is 0 Å². The molecule has 1 heterocycles. The summed E-state index contributed by atoms with van der Waals surface area (Å²) in [5, 5.41) is 9.05. The number of aryl methyl sites for hydroxylation is 1. The van der Waals surface area contributed by atoms with Crippen molar-refractivity contribution in [3.63, 3.8) is 0 Å². The van der Waals surface area contributed by atoms with Crippen LogP contribution < -0.4 is 0 Å². The average molecular weight is 177 g/mol. The fourth-order valence-corrected chi connectivity index (χ4v) is 1.69. The van der Waals surface area contributed by atoms with Gasteiger partial charge in [-0.1, -0.05) is 0 Å². The molecule has 0 spiro atoms. The molecule has 1 aliphatic rings. The van der Waals surface area contributed by atoms with Gasteiger partial charge in [-0.25, -0.2) is 0 Å². The van der Waals surface area contributed by atoms with Crippen molar-refractivity contribution in [1.82, 2.24) is 4.98 Å². The summed E-state index contributed by atoms with van der Waals surface area (Å²) in [5.74, 6) is -0.719. The largest absolute Gasteiger partial charge is 0.481 e. The van der Waals surface area contributed by atoms with E-state index in [9.17, 15) is 4.79 Å². The molecule has 0 aromatic carbocycles. The number of aromatic nitrogens is 1. The van der Waals surface area contributed by atoms with Crippen molar-refractivity contribution < 1.29 is 9.90 Å². The fourth-order valence-electron chi connectivity index (χ4n) is 1.69. The van der Waals surface area contributed by atoms with E-state index in [-0.39, 0.29) is 0 Å². The Hall–Kier alpha value is -1.38. The van der Waals surface area contributed by atoms with Crippen LogP contribution in [0.4, 0.5) is 0 Å². The molecule has 1 saturated carbocycles. The van der Waals surface area contributed by atoms with Crippen LogP contribution in [-0.2, 0) is 10.2 Å². The zero-order valence-electron chi connectivity index (χ0n) is 7.45. The minimum Gasteiger partial charge on any atom is -0.481 e. The summed E-state index contributed by atoms with van der Waals surface area (Å²) in [6.07, 6.45) is 4.86. The first-order chi connectivity index (χ1) is 6.17. The van der Waals surface area contributed by atoms with Gasteiger partial charge in [0.05, 0.1) is 5.41 Å². The standard InChI is InChI=1S/C10H11NO2/c1-7-2-5-11-6-8(7)10(3-4-10)9(12)13/h2,5-6H,3-4H2,1H3,(H,12,13). The zero-order chi connectivity index (χ0) is 9.47. The van der Waals surface area contributed by atoms with Crippen LogP contribution in [0.15, 0.2) is 18.5 Å². The van der Waals surface area contributed by atoms with Gasteiger partial charge in [-0.3, -0.25) is 9.78 Å². The Morgan fingerprint density at radius 2 is 2.31 bits per heavy atom. The Morgan fingerprint density at radius 1 is 1.62 bits per heavy atom. The maximum absolute atomic E-state index is 11.0. The van der Waals surface area contributed by atoms with Crippen molar-refractivity contribution in [2.75, 3.05) is 0 Å². The molecule has 2 rings (SSSR count). The van der Waals surface area contributed by atoms with Crippen molar-refractivity contribution in [2.45, 2.75) is 25.2 Å². The van der Waals surface area contributed by atoms with E-state index in [4.69, 9.17) is 5.11 Å². The zero-order valence-corrected chi connectivity index (χ0v) is 7.45. The molecule has 68 valence electrons. The Labute approximate surface area is 76.4 Å². The number of aliphatic carboxylic acids is 1. The Morgan fingerprint density at radius 3 is 2.77 bits per heavy atom. The van der Waals surface area contributed by atoms with Gasteiger partial charge in [0.25, 0.3) is 0 Å². The van der Waals surface area contributed by atoms with Gasteiger partial charge in [-0.15, -0.1) is 0 Å². The summed E-state index contributed by atoms with van der Waals surface area (Å²) in [6, 6.07) is 1.86. The molecule has 0 saturated heterocycles. The van der Waals surface area contributed by atoms with Crippen LogP contribution in [0, 0.1) is 6.92 Å². The van der Waals surface area contributed by atoms with E-state index in [1.165, 1.54) is 0 Å². The van der Waals surface area contributed by atoms with E-state index < -0.39 is 11.4 Å². The highest BCUT2D eigenvalue weighted by atomic mass is 16.4. The van der Waals surface area contributed by atoms with Gasteiger partial charge in [0.2, 0.25) is 0 Å². The maximum Gasteiger partial charge on any atom is 0.314 e. The van der Waals surface area contributed by atoms with Crippen molar-refractivity contribution in [2.24, 2.45) is 0 Å². The third-order valence-corrected chi connectivity index (χ3v) is 2.71. The van der Waals surface area contributed by atoms with Crippen molar-refractivity contribution in [1.29, 1.82) is 0 Å². The van der Waals surface area contributed by atoms with E-state index in [1.807, 2.05) is 13.0 Å². The molecule has 0 bridgehead atoms.